The third kappa shape index (κ3) is 4.95. The summed E-state index contributed by atoms with van der Waals surface area (Å²) in [4.78, 5) is 1.21. The van der Waals surface area contributed by atoms with Gasteiger partial charge in [-0.3, -0.25) is 0 Å². The van der Waals surface area contributed by atoms with Gasteiger partial charge in [0.15, 0.2) is 0 Å². The number of anilines is 1. The molecule has 0 amide bonds. The summed E-state index contributed by atoms with van der Waals surface area (Å²) in [5.74, 6) is 0. The monoisotopic (exact) mass is 460 g/mol. The molecule has 0 radical (unpaired) electrons. The fraction of sp³-hybridized carbons (Fsp3) is 0.0968. The van der Waals surface area contributed by atoms with Crippen molar-refractivity contribution in [1.29, 1.82) is 0 Å². The van der Waals surface area contributed by atoms with Crippen LogP contribution in [0.2, 0.25) is 0 Å². The molecule has 2 N–H and O–H groups in total. The number of para-hydroxylation sites is 1. The molecule has 1 aliphatic rings. The van der Waals surface area contributed by atoms with Crippen LogP contribution in [0.3, 0.4) is 0 Å². The van der Waals surface area contributed by atoms with Crippen LogP contribution in [0, 0.1) is 6.92 Å². The minimum atomic E-state index is 0.144. The van der Waals surface area contributed by atoms with Crippen LogP contribution in [-0.4, -0.2) is 0 Å². The molecule has 4 aromatic rings. The van der Waals surface area contributed by atoms with Gasteiger partial charge in [0.1, 0.15) is 5.37 Å². The van der Waals surface area contributed by atoms with Crippen LogP contribution in [0.15, 0.2) is 127 Å². The van der Waals surface area contributed by atoms with E-state index in [4.69, 9.17) is 0 Å². The van der Waals surface area contributed by atoms with Gasteiger partial charge in [-0.2, -0.15) is 0 Å². The van der Waals surface area contributed by atoms with Gasteiger partial charge in [-0.05, 0) is 41.7 Å². The summed E-state index contributed by atoms with van der Waals surface area (Å²) in [6.45, 7) is 6.58. The van der Waals surface area contributed by atoms with E-state index in [9.17, 15) is 0 Å². The molecule has 5 rings (SSSR count). The third-order valence-electron chi connectivity index (χ3n) is 6.00. The molecule has 0 spiro atoms. The molecule has 0 saturated carbocycles. The Morgan fingerprint density at radius 1 is 0.824 bits per heavy atom. The number of aryl methyl sites for hydroxylation is 1. The highest BCUT2D eigenvalue weighted by Crippen LogP contribution is 2.47. The van der Waals surface area contributed by atoms with Gasteiger partial charge >= 0.3 is 0 Å². The maximum absolute atomic E-state index is 4.46. The molecule has 0 fully saturated rings. The quantitative estimate of drug-likeness (QED) is 0.293. The van der Waals surface area contributed by atoms with Crippen molar-refractivity contribution in [2.24, 2.45) is 0 Å². The fourth-order valence-electron chi connectivity index (χ4n) is 4.16. The van der Waals surface area contributed by atoms with Crippen molar-refractivity contribution in [3.05, 3.63) is 155 Å². The SMILES string of the molecule is C=C(Nc1ccccc1Cc1ccccc1)C1=C(c2ccc(C)cc2)SC(c2ccccc2)N1. The van der Waals surface area contributed by atoms with Crippen LogP contribution < -0.4 is 10.6 Å². The molecule has 4 aromatic carbocycles. The first-order valence-electron chi connectivity index (χ1n) is 11.5. The van der Waals surface area contributed by atoms with Crippen molar-refractivity contribution in [3.8, 4) is 0 Å². The molecule has 3 heteroatoms. The summed E-state index contributed by atoms with van der Waals surface area (Å²) >= 11 is 1.84. The van der Waals surface area contributed by atoms with Gasteiger partial charge in [0, 0.05) is 10.6 Å². The second kappa shape index (κ2) is 10.1. The predicted octanol–water partition coefficient (Wildman–Crippen LogP) is 7.92. The summed E-state index contributed by atoms with van der Waals surface area (Å²) in [6, 6.07) is 38.4. The Labute approximate surface area is 206 Å². The Morgan fingerprint density at radius 2 is 1.47 bits per heavy atom. The zero-order valence-corrected chi connectivity index (χ0v) is 20.1. The number of hydrogen-bond donors (Lipinski definition) is 2. The highest BCUT2D eigenvalue weighted by Gasteiger charge is 2.28. The molecular weight excluding hydrogens is 432 g/mol. The third-order valence-corrected chi connectivity index (χ3v) is 7.30. The first-order chi connectivity index (χ1) is 16.7. The maximum atomic E-state index is 4.46. The van der Waals surface area contributed by atoms with Crippen molar-refractivity contribution in [2.45, 2.75) is 18.7 Å². The van der Waals surface area contributed by atoms with Crippen LogP contribution in [0.1, 0.15) is 33.2 Å². The summed E-state index contributed by atoms with van der Waals surface area (Å²) in [7, 11) is 0. The average molecular weight is 461 g/mol. The molecule has 0 aromatic heterocycles. The topological polar surface area (TPSA) is 24.1 Å². The molecule has 1 atom stereocenters. The summed E-state index contributed by atoms with van der Waals surface area (Å²) in [6.07, 6.45) is 0.871. The Morgan fingerprint density at radius 3 is 2.21 bits per heavy atom. The zero-order valence-electron chi connectivity index (χ0n) is 19.3. The van der Waals surface area contributed by atoms with E-state index in [-0.39, 0.29) is 5.37 Å². The van der Waals surface area contributed by atoms with Gasteiger partial charge in [0.05, 0.1) is 11.4 Å². The van der Waals surface area contributed by atoms with Crippen molar-refractivity contribution in [2.75, 3.05) is 5.32 Å². The number of rotatable bonds is 7. The van der Waals surface area contributed by atoms with E-state index in [1.165, 1.54) is 32.7 Å². The molecule has 168 valence electrons. The number of nitrogens with one attached hydrogen (secondary N) is 2. The van der Waals surface area contributed by atoms with Gasteiger partial charge in [0.25, 0.3) is 0 Å². The lowest BCUT2D eigenvalue weighted by molar-refractivity contribution is 0.820. The number of benzene rings is 4. The van der Waals surface area contributed by atoms with Crippen LogP contribution in [0.25, 0.3) is 4.91 Å². The van der Waals surface area contributed by atoms with Gasteiger partial charge in [-0.15, -0.1) is 0 Å². The predicted molar refractivity (Wildman–Crippen MR) is 146 cm³/mol. The second-order valence-corrected chi connectivity index (χ2v) is 9.66. The Hall–Kier alpha value is -3.69. The number of hydrogen-bond acceptors (Lipinski definition) is 3. The first kappa shape index (κ1) is 22.1. The molecule has 34 heavy (non-hydrogen) atoms. The minimum absolute atomic E-state index is 0.144. The van der Waals surface area contributed by atoms with Gasteiger partial charge in [-0.25, -0.2) is 0 Å². The van der Waals surface area contributed by atoms with Crippen molar-refractivity contribution < 1.29 is 0 Å². The summed E-state index contributed by atoms with van der Waals surface area (Å²) < 4.78 is 0. The Balaban J connectivity index is 1.45. The van der Waals surface area contributed by atoms with E-state index in [1.807, 2.05) is 11.8 Å². The Bertz CT molecular complexity index is 1310. The standard InChI is InChI=1S/C31H28N2S/c1-22-17-19-25(20-18-22)30-29(33-31(34-30)26-13-7-4-8-14-26)23(2)32-28-16-10-9-15-27(28)21-24-11-5-3-6-12-24/h3-20,31-33H,2,21H2,1H3. The van der Waals surface area contributed by atoms with E-state index in [2.05, 4.69) is 133 Å². The van der Waals surface area contributed by atoms with E-state index in [0.717, 1.165) is 23.5 Å². The molecular formula is C31H28N2S. The average Bonchev–Trinajstić information content (AvgIpc) is 3.33. The maximum Gasteiger partial charge on any atom is 0.103 e. The Kier molecular flexibility index (Phi) is 6.55. The van der Waals surface area contributed by atoms with Crippen molar-refractivity contribution in [1.82, 2.24) is 5.32 Å². The van der Waals surface area contributed by atoms with E-state index in [1.54, 1.807) is 0 Å². The first-order valence-corrected chi connectivity index (χ1v) is 12.4. The summed E-state index contributed by atoms with van der Waals surface area (Å²) in [5, 5.41) is 7.51. The van der Waals surface area contributed by atoms with Crippen molar-refractivity contribution >= 4 is 22.4 Å². The van der Waals surface area contributed by atoms with E-state index < -0.39 is 0 Å². The zero-order chi connectivity index (χ0) is 23.3. The van der Waals surface area contributed by atoms with Gasteiger partial charge in [0.2, 0.25) is 0 Å². The molecule has 0 aliphatic carbocycles. The minimum Gasteiger partial charge on any atom is -0.367 e. The van der Waals surface area contributed by atoms with Crippen LogP contribution >= 0.6 is 11.8 Å². The van der Waals surface area contributed by atoms with E-state index >= 15 is 0 Å². The summed E-state index contributed by atoms with van der Waals surface area (Å²) in [5.41, 5.74) is 9.27. The number of thioether (sulfide) groups is 1. The highest BCUT2D eigenvalue weighted by atomic mass is 32.2. The lowest BCUT2D eigenvalue weighted by atomic mass is 10.0. The normalized spacial score (nSPS) is 15.1. The van der Waals surface area contributed by atoms with Crippen LogP contribution in [0.4, 0.5) is 5.69 Å². The lowest BCUT2D eigenvalue weighted by Crippen LogP contribution is -2.17. The molecule has 0 bridgehead atoms. The second-order valence-electron chi connectivity index (χ2n) is 8.55. The molecule has 1 heterocycles. The van der Waals surface area contributed by atoms with E-state index in [0.29, 0.717) is 0 Å². The molecule has 0 saturated heterocycles. The smallest absolute Gasteiger partial charge is 0.103 e. The highest BCUT2D eigenvalue weighted by molar-refractivity contribution is 8.08. The van der Waals surface area contributed by atoms with Crippen LogP contribution in [0.5, 0.6) is 0 Å². The molecule has 1 unspecified atom stereocenters. The lowest BCUT2D eigenvalue weighted by Gasteiger charge is -2.18. The largest absolute Gasteiger partial charge is 0.367 e. The van der Waals surface area contributed by atoms with Crippen molar-refractivity contribution in [3.63, 3.8) is 0 Å². The molecule has 2 nitrogen and oxygen atoms in total. The van der Waals surface area contributed by atoms with Crippen LogP contribution in [-0.2, 0) is 6.42 Å². The fourth-order valence-corrected chi connectivity index (χ4v) is 5.44. The van der Waals surface area contributed by atoms with Gasteiger partial charge in [-0.1, -0.05) is 127 Å². The van der Waals surface area contributed by atoms with Gasteiger partial charge < -0.3 is 10.6 Å². The molecule has 1 aliphatic heterocycles.